The van der Waals surface area contributed by atoms with Gasteiger partial charge < -0.3 is 9.80 Å². The molecule has 0 saturated carbocycles. The van der Waals surface area contributed by atoms with Crippen LogP contribution in [0.15, 0.2) is 12.4 Å². The molecule has 106 valence electrons. The zero-order chi connectivity index (χ0) is 14.3. The maximum Gasteiger partial charge on any atom is 0.274 e. The van der Waals surface area contributed by atoms with Crippen LogP contribution >= 0.6 is 11.3 Å². The third-order valence-electron chi connectivity index (χ3n) is 3.50. The van der Waals surface area contributed by atoms with E-state index in [-0.39, 0.29) is 11.8 Å². The number of thiazole rings is 1. The fourth-order valence-corrected chi connectivity index (χ4v) is 3.21. The molecule has 2 amide bonds. The predicted molar refractivity (Wildman–Crippen MR) is 76.0 cm³/mol. The molecule has 0 unspecified atom stereocenters. The number of rotatable bonds is 1. The molecule has 0 bridgehead atoms. The molecule has 1 saturated heterocycles. The third kappa shape index (κ3) is 2.29. The van der Waals surface area contributed by atoms with Crippen molar-refractivity contribution in [3.63, 3.8) is 0 Å². The highest BCUT2D eigenvalue weighted by Crippen LogP contribution is 2.18. The number of carbonyl (C=O) groups excluding carboxylic acids is 2. The Hall–Kier alpha value is -1.89. The fourth-order valence-electron chi connectivity index (χ4n) is 2.40. The van der Waals surface area contributed by atoms with Crippen molar-refractivity contribution in [2.45, 2.75) is 13.8 Å². The highest BCUT2D eigenvalue weighted by Gasteiger charge is 2.25. The van der Waals surface area contributed by atoms with E-state index in [0.29, 0.717) is 31.9 Å². The molecule has 20 heavy (non-hydrogen) atoms. The molecule has 1 aliphatic rings. The van der Waals surface area contributed by atoms with Crippen molar-refractivity contribution in [3.8, 4) is 0 Å². The summed E-state index contributed by atoms with van der Waals surface area (Å²) < 4.78 is 1.89. The summed E-state index contributed by atoms with van der Waals surface area (Å²) in [6.45, 7) is 5.92. The average Bonchev–Trinajstić information content (AvgIpc) is 2.95. The maximum atomic E-state index is 12.4. The van der Waals surface area contributed by atoms with Crippen molar-refractivity contribution < 1.29 is 9.59 Å². The van der Waals surface area contributed by atoms with Gasteiger partial charge in [0.1, 0.15) is 5.69 Å². The van der Waals surface area contributed by atoms with Gasteiger partial charge >= 0.3 is 0 Å². The Morgan fingerprint density at radius 1 is 1.15 bits per heavy atom. The Balaban J connectivity index is 1.72. The van der Waals surface area contributed by atoms with Crippen LogP contribution in [0, 0.1) is 6.92 Å². The second kappa shape index (κ2) is 4.90. The largest absolute Gasteiger partial charge is 0.339 e. The minimum atomic E-state index is -0.0539. The van der Waals surface area contributed by atoms with Crippen molar-refractivity contribution in [1.82, 2.24) is 19.2 Å². The first-order valence-corrected chi connectivity index (χ1v) is 7.36. The van der Waals surface area contributed by atoms with E-state index in [4.69, 9.17) is 0 Å². The van der Waals surface area contributed by atoms with Crippen molar-refractivity contribution in [2.75, 3.05) is 26.2 Å². The van der Waals surface area contributed by atoms with Gasteiger partial charge in [-0.3, -0.25) is 14.0 Å². The highest BCUT2D eigenvalue weighted by molar-refractivity contribution is 7.17. The van der Waals surface area contributed by atoms with Crippen molar-refractivity contribution in [3.05, 3.63) is 23.0 Å². The molecule has 0 atom stereocenters. The second-order valence-electron chi connectivity index (χ2n) is 4.96. The molecule has 1 fully saturated rings. The molecule has 7 heteroatoms. The first-order valence-electron chi connectivity index (χ1n) is 6.54. The summed E-state index contributed by atoms with van der Waals surface area (Å²) in [4.78, 5) is 33.6. The van der Waals surface area contributed by atoms with E-state index in [2.05, 4.69) is 4.98 Å². The number of carbonyl (C=O) groups is 2. The van der Waals surface area contributed by atoms with Gasteiger partial charge in [-0.1, -0.05) is 0 Å². The molecule has 6 nitrogen and oxygen atoms in total. The number of piperazine rings is 1. The van der Waals surface area contributed by atoms with Gasteiger partial charge in [0.2, 0.25) is 5.91 Å². The lowest BCUT2D eigenvalue weighted by molar-refractivity contribution is -0.130. The Kier molecular flexibility index (Phi) is 3.21. The van der Waals surface area contributed by atoms with Gasteiger partial charge in [0.05, 0.1) is 0 Å². The Labute approximate surface area is 120 Å². The predicted octanol–water partition coefficient (Wildman–Crippen LogP) is 1.01. The van der Waals surface area contributed by atoms with Gasteiger partial charge in [0.15, 0.2) is 4.96 Å². The number of aromatic nitrogens is 2. The number of hydrogen-bond acceptors (Lipinski definition) is 4. The van der Waals surface area contributed by atoms with Crippen molar-refractivity contribution >= 4 is 28.1 Å². The fraction of sp³-hybridized carbons (Fsp3) is 0.462. The summed E-state index contributed by atoms with van der Waals surface area (Å²) in [7, 11) is 0. The lowest BCUT2D eigenvalue weighted by Gasteiger charge is -2.33. The van der Waals surface area contributed by atoms with E-state index in [1.54, 1.807) is 34.3 Å². The highest BCUT2D eigenvalue weighted by atomic mass is 32.1. The smallest absolute Gasteiger partial charge is 0.274 e. The molecular formula is C13H16N4O2S. The average molecular weight is 292 g/mol. The van der Waals surface area contributed by atoms with E-state index in [1.165, 1.54) is 4.88 Å². The number of hydrogen-bond donors (Lipinski definition) is 0. The molecule has 0 radical (unpaired) electrons. The molecular weight excluding hydrogens is 276 g/mol. The number of amides is 2. The Morgan fingerprint density at radius 3 is 2.40 bits per heavy atom. The quantitative estimate of drug-likeness (QED) is 0.788. The molecule has 1 aliphatic heterocycles. The Morgan fingerprint density at radius 2 is 1.80 bits per heavy atom. The minimum Gasteiger partial charge on any atom is -0.339 e. The SMILES string of the molecule is CC(=O)N1CCN(C(=O)c2cn3cc(C)sc3n2)CC1. The summed E-state index contributed by atoms with van der Waals surface area (Å²) in [5.41, 5.74) is 0.479. The third-order valence-corrected chi connectivity index (χ3v) is 4.41. The van der Waals surface area contributed by atoms with Crippen LogP contribution in [0.3, 0.4) is 0 Å². The molecule has 2 aromatic rings. The van der Waals surface area contributed by atoms with E-state index in [1.807, 2.05) is 17.5 Å². The first kappa shape index (κ1) is 13.1. The molecule has 0 aliphatic carbocycles. The van der Waals surface area contributed by atoms with Crippen LogP contribution in [0.4, 0.5) is 0 Å². The van der Waals surface area contributed by atoms with Crippen LogP contribution in [0.25, 0.3) is 4.96 Å². The van der Waals surface area contributed by atoms with Gasteiger partial charge in [-0.2, -0.15) is 0 Å². The van der Waals surface area contributed by atoms with Crippen LogP contribution in [0.5, 0.6) is 0 Å². The molecule has 3 heterocycles. The summed E-state index contributed by atoms with van der Waals surface area (Å²) in [6, 6.07) is 0. The number of aryl methyl sites for hydroxylation is 1. The second-order valence-corrected chi connectivity index (χ2v) is 6.17. The summed E-state index contributed by atoms with van der Waals surface area (Å²) in [6.07, 6.45) is 3.75. The lowest BCUT2D eigenvalue weighted by Crippen LogP contribution is -2.50. The van der Waals surface area contributed by atoms with Crippen molar-refractivity contribution in [2.24, 2.45) is 0 Å². The van der Waals surface area contributed by atoms with Crippen LogP contribution in [0.2, 0.25) is 0 Å². The zero-order valence-electron chi connectivity index (χ0n) is 11.5. The van der Waals surface area contributed by atoms with Gasteiger partial charge in [0, 0.05) is 50.4 Å². The van der Waals surface area contributed by atoms with Gasteiger partial charge in [0.25, 0.3) is 5.91 Å². The van der Waals surface area contributed by atoms with Crippen LogP contribution in [-0.2, 0) is 4.79 Å². The van der Waals surface area contributed by atoms with E-state index in [9.17, 15) is 9.59 Å². The molecule has 0 spiro atoms. The van der Waals surface area contributed by atoms with E-state index >= 15 is 0 Å². The Bertz CT molecular complexity index is 636. The topological polar surface area (TPSA) is 57.9 Å². The minimum absolute atomic E-state index is 0.0539. The first-order chi connectivity index (χ1) is 9.54. The van der Waals surface area contributed by atoms with Crippen LogP contribution < -0.4 is 0 Å². The standard InChI is InChI=1S/C13H16N4O2S/c1-9-7-17-8-11(14-13(17)20-9)12(19)16-5-3-15(4-6-16)10(2)18/h7-8H,3-6H2,1-2H3. The van der Waals surface area contributed by atoms with E-state index < -0.39 is 0 Å². The zero-order valence-corrected chi connectivity index (χ0v) is 12.3. The summed E-state index contributed by atoms with van der Waals surface area (Å²) in [5, 5.41) is 0. The maximum absolute atomic E-state index is 12.4. The molecule has 3 rings (SSSR count). The normalized spacial score (nSPS) is 15.9. The van der Waals surface area contributed by atoms with Crippen LogP contribution in [-0.4, -0.2) is 57.2 Å². The number of fused-ring (bicyclic) bond motifs is 1. The van der Waals surface area contributed by atoms with Crippen LogP contribution in [0.1, 0.15) is 22.3 Å². The molecule has 0 N–H and O–H groups in total. The van der Waals surface area contributed by atoms with E-state index in [0.717, 1.165) is 4.96 Å². The van der Waals surface area contributed by atoms with Gasteiger partial charge in [-0.05, 0) is 6.92 Å². The summed E-state index contributed by atoms with van der Waals surface area (Å²) in [5.74, 6) is 0.0110. The summed E-state index contributed by atoms with van der Waals surface area (Å²) >= 11 is 1.57. The molecule has 0 aromatic carbocycles. The van der Waals surface area contributed by atoms with Gasteiger partial charge in [-0.25, -0.2) is 4.98 Å². The number of nitrogens with zero attached hydrogens (tertiary/aromatic N) is 4. The van der Waals surface area contributed by atoms with Crippen molar-refractivity contribution in [1.29, 1.82) is 0 Å². The van der Waals surface area contributed by atoms with Gasteiger partial charge in [-0.15, -0.1) is 11.3 Å². The monoisotopic (exact) mass is 292 g/mol. The molecule has 2 aromatic heterocycles. The lowest BCUT2D eigenvalue weighted by atomic mass is 10.3. The number of imidazole rings is 1.